The summed E-state index contributed by atoms with van der Waals surface area (Å²) in [6.07, 6.45) is 2.77. The van der Waals surface area contributed by atoms with E-state index >= 15 is 0 Å². The summed E-state index contributed by atoms with van der Waals surface area (Å²) in [7, 11) is 0. The third-order valence-corrected chi connectivity index (χ3v) is 8.13. The van der Waals surface area contributed by atoms with E-state index in [1.54, 1.807) is 6.20 Å². The van der Waals surface area contributed by atoms with Crippen LogP contribution in [0.2, 0.25) is 0 Å². The number of anilines is 2. The molecule has 196 valence electrons. The number of carbonyl (C=O) groups excluding carboxylic acids is 1. The van der Waals surface area contributed by atoms with Crippen LogP contribution in [-0.4, -0.2) is 90.1 Å². The fourth-order valence-electron chi connectivity index (χ4n) is 5.70. The number of fused-ring (bicyclic) bond motifs is 1. The molecule has 1 aromatic carbocycles. The number of rotatable bonds is 6. The Morgan fingerprint density at radius 3 is 2.38 bits per heavy atom. The Morgan fingerprint density at radius 2 is 1.70 bits per heavy atom. The minimum absolute atomic E-state index is 0.0547. The van der Waals surface area contributed by atoms with Gasteiger partial charge in [0.1, 0.15) is 6.04 Å². The lowest BCUT2D eigenvalue weighted by Crippen LogP contribution is -2.58. The van der Waals surface area contributed by atoms with Crippen LogP contribution in [0.25, 0.3) is 16.6 Å². The first-order chi connectivity index (χ1) is 18.0. The molecule has 2 aliphatic heterocycles. The molecule has 9 heteroatoms. The Morgan fingerprint density at radius 1 is 0.973 bits per heavy atom. The zero-order valence-electron chi connectivity index (χ0n) is 21.3. The Hall–Kier alpha value is -3.20. The van der Waals surface area contributed by atoms with Crippen molar-refractivity contribution in [2.75, 3.05) is 62.2 Å². The van der Waals surface area contributed by atoms with Crippen LogP contribution in [0.15, 0.2) is 48.8 Å². The number of hydrogen-bond acceptors (Lipinski definition) is 5. The Bertz CT molecular complexity index is 1250. The van der Waals surface area contributed by atoms with Crippen LogP contribution in [0, 0.1) is 5.92 Å². The number of carbonyl (C=O) groups is 1. The molecule has 3 aromatic rings. The predicted octanol–water partition coefficient (Wildman–Crippen LogP) is 3.84. The van der Waals surface area contributed by atoms with E-state index in [0.29, 0.717) is 13.1 Å². The van der Waals surface area contributed by atoms with Gasteiger partial charge in [0.25, 0.3) is 6.43 Å². The highest BCUT2D eigenvalue weighted by molar-refractivity contribution is 5.83. The molecule has 37 heavy (non-hydrogen) atoms. The molecule has 1 atom stereocenters. The van der Waals surface area contributed by atoms with Gasteiger partial charge in [-0.2, -0.15) is 5.10 Å². The SMILES string of the molecule is CCN1CCN(c2ccc(-c3cc4c(N5CCN(C(=O)C6CC6)C(C(F)F)C5)ccnn4c3)cc2)CC1. The fourth-order valence-corrected chi connectivity index (χ4v) is 5.70. The second-order valence-electron chi connectivity index (χ2n) is 10.4. The van der Waals surface area contributed by atoms with E-state index in [1.165, 1.54) is 10.6 Å². The van der Waals surface area contributed by atoms with E-state index in [4.69, 9.17) is 0 Å². The summed E-state index contributed by atoms with van der Waals surface area (Å²) in [5, 5.41) is 4.48. The maximum atomic E-state index is 14.0. The Balaban J connectivity index is 1.21. The number of nitrogens with zero attached hydrogens (tertiary/aromatic N) is 6. The van der Waals surface area contributed by atoms with Crippen molar-refractivity contribution in [3.8, 4) is 11.1 Å². The lowest BCUT2D eigenvalue weighted by atomic mass is 10.1. The van der Waals surface area contributed by atoms with Crippen LogP contribution in [0.4, 0.5) is 20.2 Å². The smallest absolute Gasteiger partial charge is 0.260 e. The number of amides is 1. The number of aromatic nitrogens is 2. The third-order valence-electron chi connectivity index (χ3n) is 8.13. The average Bonchev–Trinajstić information content (AvgIpc) is 3.70. The molecule has 0 radical (unpaired) electrons. The lowest BCUT2D eigenvalue weighted by Gasteiger charge is -2.42. The maximum absolute atomic E-state index is 14.0. The van der Waals surface area contributed by atoms with Crippen LogP contribution < -0.4 is 9.80 Å². The van der Waals surface area contributed by atoms with Crippen molar-refractivity contribution in [1.29, 1.82) is 0 Å². The molecule has 0 N–H and O–H groups in total. The van der Waals surface area contributed by atoms with Crippen molar-refractivity contribution in [3.63, 3.8) is 0 Å². The quantitative estimate of drug-likeness (QED) is 0.507. The van der Waals surface area contributed by atoms with Crippen LogP contribution in [0.5, 0.6) is 0 Å². The van der Waals surface area contributed by atoms with E-state index in [2.05, 4.69) is 52.2 Å². The van der Waals surface area contributed by atoms with E-state index in [1.807, 2.05) is 21.7 Å². The van der Waals surface area contributed by atoms with Gasteiger partial charge in [0, 0.05) is 75.4 Å². The standard InChI is InChI=1S/C28H34F2N6O/c1-2-32-11-13-33(14-12-32)23-7-5-20(6-8-23)22-17-25-24(9-10-31-36(25)18-22)34-15-16-35(26(19-34)27(29)30)28(37)21-3-4-21/h5-10,17-18,21,26-27H,2-4,11-16,19H2,1H3. The number of benzene rings is 1. The first-order valence-electron chi connectivity index (χ1n) is 13.4. The fraction of sp³-hybridized carbons (Fsp3) is 0.500. The molecule has 4 heterocycles. The van der Waals surface area contributed by atoms with Gasteiger partial charge in [-0.1, -0.05) is 19.1 Å². The summed E-state index contributed by atoms with van der Waals surface area (Å²) in [5.74, 6) is -0.161. The molecule has 2 aromatic heterocycles. The summed E-state index contributed by atoms with van der Waals surface area (Å²) < 4.78 is 29.8. The molecule has 0 bridgehead atoms. The number of hydrogen-bond donors (Lipinski definition) is 0. The minimum atomic E-state index is -2.57. The summed E-state index contributed by atoms with van der Waals surface area (Å²) >= 11 is 0. The zero-order valence-corrected chi connectivity index (χ0v) is 21.3. The third kappa shape index (κ3) is 4.77. The highest BCUT2D eigenvalue weighted by Gasteiger charge is 2.42. The molecule has 3 aliphatic rings. The van der Waals surface area contributed by atoms with Gasteiger partial charge in [-0.3, -0.25) is 4.79 Å². The van der Waals surface area contributed by atoms with E-state index in [-0.39, 0.29) is 18.4 Å². The van der Waals surface area contributed by atoms with Crippen molar-refractivity contribution in [2.45, 2.75) is 32.2 Å². The lowest BCUT2D eigenvalue weighted by molar-refractivity contribution is -0.139. The Kier molecular flexibility index (Phi) is 6.48. The molecule has 1 unspecified atom stereocenters. The van der Waals surface area contributed by atoms with Crippen molar-refractivity contribution >= 4 is 22.8 Å². The molecule has 2 saturated heterocycles. The normalized spacial score (nSPS) is 21.3. The minimum Gasteiger partial charge on any atom is -0.369 e. The number of piperazine rings is 2. The van der Waals surface area contributed by atoms with E-state index < -0.39 is 12.5 Å². The molecular formula is C28H34F2N6O. The molecular weight excluding hydrogens is 474 g/mol. The monoisotopic (exact) mass is 508 g/mol. The van der Waals surface area contributed by atoms with Gasteiger partial charge in [-0.15, -0.1) is 0 Å². The molecule has 7 nitrogen and oxygen atoms in total. The average molecular weight is 509 g/mol. The van der Waals surface area contributed by atoms with Gasteiger partial charge in [0.2, 0.25) is 5.91 Å². The second kappa shape index (κ2) is 9.93. The second-order valence-corrected chi connectivity index (χ2v) is 10.4. The molecule has 1 saturated carbocycles. The molecule has 0 spiro atoms. The molecule has 6 rings (SSSR count). The Labute approximate surface area is 216 Å². The van der Waals surface area contributed by atoms with Gasteiger partial charge in [-0.05, 0) is 49.2 Å². The van der Waals surface area contributed by atoms with Crippen LogP contribution in [0.1, 0.15) is 19.8 Å². The maximum Gasteiger partial charge on any atom is 0.260 e. The summed E-state index contributed by atoms with van der Waals surface area (Å²) in [6.45, 7) is 8.53. The molecule has 1 amide bonds. The van der Waals surface area contributed by atoms with Crippen LogP contribution >= 0.6 is 0 Å². The number of alkyl halides is 2. The largest absolute Gasteiger partial charge is 0.369 e. The summed E-state index contributed by atoms with van der Waals surface area (Å²) in [6, 6.07) is 11.5. The highest BCUT2D eigenvalue weighted by Crippen LogP contribution is 2.35. The first kappa shape index (κ1) is 24.2. The number of halogens is 2. The van der Waals surface area contributed by atoms with E-state index in [9.17, 15) is 13.6 Å². The van der Waals surface area contributed by atoms with Crippen LogP contribution in [0.3, 0.4) is 0 Å². The molecule has 1 aliphatic carbocycles. The summed E-state index contributed by atoms with van der Waals surface area (Å²) in [4.78, 5) is 20.9. The predicted molar refractivity (Wildman–Crippen MR) is 141 cm³/mol. The van der Waals surface area contributed by atoms with Crippen molar-refractivity contribution in [3.05, 3.63) is 48.8 Å². The van der Waals surface area contributed by atoms with Gasteiger partial charge < -0.3 is 19.6 Å². The van der Waals surface area contributed by atoms with Gasteiger partial charge in [0.15, 0.2) is 0 Å². The van der Waals surface area contributed by atoms with E-state index in [0.717, 1.165) is 67.9 Å². The van der Waals surface area contributed by atoms with Gasteiger partial charge in [0.05, 0.1) is 11.2 Å². The van der Waals surface area contributed by atoms with Crippen LogP contribution in [-0.2, 0) is 4.79 Å². The van der Waals surface area contributed by atoms with Crippen molar-refractivity contribution in [2.24, 2.45) is 5.92 Å². The van der Waals surface area contributed by atoms with Gasteiger partial charge >= 0.3 is 0 Å². The number of likely N-dealkylation sites (N-methyl/N-ethyl adjacent to an activating group) is 1. The highest BCUT2D eigenvalue weighted by atomic mass is 19.3. The zero-order chi connectivity index (χ0) is 25.5. The topological polar surface area (TPSA) is 47.3 Å². The van der Waals surface area contributed by atoms with Crippen molar-refractivity contribution in [1.82, 2.24) is 19.4 Å². The van der Waals surface area contributed by atoms with Gasteiger partial charge in [-0.25, -0.2) is 13.3 Å². The first-order valence-corrected chi connectivity index (χ1v) is 13.4. The van der Waals surface area contributed by atoms with Crippen molar-refractivity contribution < 1.29 is 13.6 Å². The molecule has 3 fully saturated rings. The summed E-state index contributed by atoms with van der Waals surface area (Å²) in [5.41, 5.74) is 5.12.